The predicted octanol–water partition coefficient (Wildman–Crippen LogP) is 2.91. The molecule has 0 radical (unpaired) electrons. The summed E-state index contributed by atoms with van der Waals surface area (Å²) in [7, 11) is 1.38. The van der Waals surface area contributed by atoms with Crippen molar-refractivity contribution in [3.63, 3.8) is 0 Å². The number of rotatable bonds is 6. The fourth-order valence-corrected chi connectivity index (χ4v) is 2.28. The van der Waals surface area contributed by atoms with Crippen LogP contribution in [-0.4, -0.2) is 33.9 Å². The van der Waals surface area contributed by atoms with Crippen LogP contribution in [0.15, 0.2) is 24.4 Å². The average molecular weight is 338 g/mol. The topological polar surface area (TPSA) is 93.5 Å². The van der Waals surface area contributed by atoms with E-state index in [2.05, 4.69) is 10.4 Å². The third-order valence-corrected chi connectivity index (χ3v) is 3.50. The molecule has 1 amide bonds. The molecule has 8 heteroatoms. The molecular formula is C15H16ClN3O4. The van der Waals surface area contributed by atoms with Crippen molar-refractivity contribution < 1.29 is 19.4 Å². The number of hydrogen-bond donors (Lipinski definition) is 2. The quantitative estimate of drug-likeness (QED) is 0.845. The molecule has 0 unspecified atom stereocenters. The zero-order chi connectivity index (χ0) is 17.0. The van der Waals surface area contributed by atoms with E-state index in [1.165, 1.54) is 19.2 Å². The summed E-state index contributed by atoms with van der Waals surface area (Å²) in [6.07, 6.45) is 2.66. The first-order valence-corrected chi connectivity index (χ1v) is 7.29. The van der Waals surface area contributed by atoms with E-state index in [0.717, 1.165) is 13.0 Å². The minimum atomic E-state index is -1.24. The Morgan fingerprint density at radius 1 is 1.39 bits per heavy atom. The van der Waals surface area contributed by atoms with E-state index in [4.69, 9.17) is 21.4 Å². The van der Waals surface area contributed by atoms with E-state index < -0.39 is 11.9 Å². The van der Waals surface area contributed by atoms with Crippen LogP contribution in [0.5, 0.6) is 5.75 Å². The van der Waals surface area contributed by atoms with E-state index in [1.54, 1.807) is 16.9 Å². The number of nitrogens with zero attached hydrogens (tertiary/aromatic N) is 2. The van der Waals surface area contributed by atoms with Gasteiger partial charge in [-0.25, -0.2) is 4.79 Å². The minimum absolute atomic E-state index is 0.00783. The number of aryl methyl sites for hydroxylation is 1. The Bertz CT molecular complexity index is 742. The Morgan fingerprint density at radius 2 is 2.09 bits per heavy atom. The zero-order valence-corrected chi connectivity index (χ0v) is 13.4. The largest absolute Gasteiger partial charge is 0.497 e. The van der Waals surface area contributed by atoms with Gasteiger partial charge < -0.3 is 15.2 Å². The van der Waals surface area contributed by atoms with Gasteiger partial charge in [0.05, 0.1) is 23.3 Å². The molecule has 0 fully saturated rings. The third-order valence-electron chi connectivity index (χ3n) is 3.09. The summed E-state index contributed by atoms with van der Waals surface area (Å²) in [5, 5.41) is 15.8. The fourth-order valence-electron chi connectivity index (χ4n) is 2.00. The summed E-state index contributed by atoms with van der Waals surface area (Å²) in [6, 6.07) is 4.30. The number of carbonyl (C=O) groups excluding carboxylic acids is 1. The van der Waals surface area contributed by atoms with Crippen LogP contribution in [0, 0.1) is 0 Å². The first-order valence-electron chi connectivity index (χ1n) is 6.92. The Hall–Kier alpha value is -2.54. The molecule has 2 aromatic rings. The number of anilines is 1. The highest BCUT2D eigenvalue weighted by molar-refractivity contribution is 6.37. The molecule has 0 aliphatic heterocycles. The highest BCUT2D eigenvalue weighted by atomic mass is 35.5. The number of ether oxygens (including phenoxy) is 1. The molecule has 2 rings (SSSR count). The van der Waals surface area contributed by atoms with Crippen molar-refractivity contribution in [2.45, 2.75) is 19.9 Å². The van der Waals surface area contributed by atoms with E-state index in [1.807, 2.05) is 6.92 Å². The van der Waals surface area contributed by atoms with Crippen LogP contribution in [0.3, 0.4) is 0 Å². The molecule has 2 N–H and O–H groups in total. The van der Waals surface area contributed by atoms with Crippen molar-refractivity contribution in [3.05, 3.63) is 40.5 Å². The van der Waals surface area contributed by atoms with Gasteiger partial charge in [-0.1, -0.05) is 18.5 Å². The molecule has 1 aromatic carbocycles. The second-order valence-electron chi connectivity index (χ2n) is 4.76. The maximum Gasteiger partial charge on any atom is 0.337 e. The van der Waals surface area contributed by atoms with E-state index in [0.29, 0.717) is 5.82 Å². The number of aromatic nitrogens is 2. The second kappa shape index (κ2) is 7.15. The summed E-state index contributed by atoms with van der Waals surface area (Å²) in [4.78, 5) is 23.6. The van der Waals surface area contributed by atoms with Crippen LogP contribution in [0.2, 0.25) is 5.02 Å². The smallest absolute Gasteiger partial charge is 0.337 e. The maximum absolute atomic E-state index is 12.4. The number of carbonyl (C=O) groups is 2. The molecule has 7 nitrogen and oxygen atoms in total. The number of halogens is 1. The highest BCUT2D eigenvalue weighted by Crippen LogP contribution is 2.28. The van der Waals surface area contributed by atoms with E-state index >= 15 is 0 Å². The molecular weight excluding hydrogens is 322 g/mol. The number of hydrogen-bond acceptors (Lipinski definition) is 4. The lowest BCUT2D eigenvalue weighted by atomic mass is 10.1. The molecule has 122 valence electrons. The van der Waals surface area contributed by atoms with Gasteiger partial charge in [-0.05, 0) is 18.6 Å². The van der Waals surface area contributed by atoms with Gasteiger partial charge in [0.1, 0.15) is 5.75 Å². The van der Waals surface area contributed by atoms with Crippen LogP contribution in [0.25, 0.3) is 0 Å². The van der Waals surface area contributed by atoms with Crippen LogP contribution >= 0.6 is 11.6 Å². The van der Waals surface area contributed by atoms with Crippen LogP contribution in [-0.2, 0) is 6.54 Å². The molecule has 23 heavy (non-hydrogen) atoms. The van der Waals surface area contributed by atoms with Gasteiger partial charge in [0.2, 0.25) is 0 Å². The molecule has 0 saturated carbocycles. The number of carboxylic acid groups (broad SMARTS) is 1. The summed E-state index contributed by atoms with van der Waals surface area (Å²) in [5.74, 6) is -1.21. The normalized spacial score (nSPS) is 10.4. The molecule has 0 aliphatic carbocycles. The lowest BCUT2D eigenvalue weighted by molar-refractivity contribution is 0.0696. The number of amides is 1. The van der Waals surface area contributed by atoms with Crippen molar-refractivity contribution in [2.75, 3.05) is 12.4 Å². The zero-order valence-electron chi connectivity index (χ0n) is 12.7. The van der Waals surface area contributed by atoms with Crippen LogP contribution in [0.4, 0.5) is 5.82 Å². The number of nitrogens with one attached hydrogen (secondary N) is 1. The number of carboxylic acids is 1. The van der Waals surface area contributed by atoms with Gasteiger partial charge in [-0.15, -0.1) is 0 Å². The minimum Gasteiger partial charge on any atom is -0.497 e. The van der Waals surface area contributed by atoms with Gasteiger partial charge >= 0.3 is 5.97 Å². The number of methoxy groups -OCH3 is 1. The van der Waals surface area contributed by atoms with Crippen LogP contribution < -0.4 is 10.1 Å². The maximum atomic E-state index is 12.4. The monoisotopic (exact) mass is 337 g/mol. The van der Waals surface area contributed by atoms with Gasteiger partial charge in [-0.2, -0.15) is 5.10 Å². The van der Waals surface area contributed by atoms with Gasteiger partial charge in [0.25, 0.3) is 5.91 Å². The standard InChI is InChI=1S/C15H16ClN3O4/c1-3-5-19-6-4-12(18-19)17-14(20)10-7-9(23-2)8-11(13(10)16)15(21)22/h4,6-8H,3,5H2,1-2H3,(H,21,22)(H,17,18,20). The Morgan fingerprint density at radius 3 is 2.70 bits per heavy atom. The average Bonchev–Trinajstić information content (AvgIpc) is 2.94. The van der Waals surface area contributed by atoms with Crippen molar-refractivity contribution >= 4 is 29.3 Å². The second-order valence-corrected chi connectivity index (χ2v) is 5.14. The van der Waals surface area contributed by atoms with Crippen LogP contribution in [0.1, 0.15) is 34.1 Å². The molecule has 1 heterocycles. The molecule has 0 aliphatic rings. The SMILES string of the molecule is CCCn1ccc(NC(=O)c2cc(OC)cc(C(=O)O)c2Cl)n1. The van der Waals surface area contributed by atoms with Gasteiger partial charge in [-0.3, -0.25) is 9.48 Å². The number of aromatic carboxylic acids is 1. The number of benzene rings is 1. The fraction of sp³-hybridized carbons (Fsp3) is 0.267. The Labute approximate surface area is 137 Å². The molecule has 0 bridgehead atoms. The molecule has 1 aromatic heterocycles. The first-order chi connectivity index (χ1) is 11.0. The predicted molar refractivity (Wildman–Crippen MR) is 85.4 cm³/mol. The summed E-state index contributed by atoms with van der Waals surface area (Å²) >= 11 is 6.03. The van der Waals surface area contributed by atoms with Crippen molar-refractivity contribution in [2.24, 2.45) is 0 Å². The summed E-state index contributed by atoms with van der Waals surface area (Å²) in [5.41, 5.74) is -0.193. The highest BCUT2D eigenvalue weighted by Gasteiger charge is 2.20. The summed E-state index contributed by atoms with van der Waals surface area (Å²) in [6.45, 7) is 2.75. The van der Waals surface area contributed by atoms with Crippen molar-refractivity contribution in [1.82, 2.24) is 9.78 Å². The molecule has 0 atom stereocenters. The summed E-state index contributed by atoms with van der Waals surface area (Å²) < 4.78 is 6.72. The molecule has 0 saturated heterocycles. The lowest BCUT2D eigenvalue weighted by Crippen LogP contribution is -2.15. The Balaban J connectivity index is 2.30. The van der Waals surface area contributed by atoms with Gasteiger partial charge in [0, 0.05) is 18.8 Å². The first kappa shape index (κ1) is 16.8. The molecule has 0 spiro atoms. The van der Waals surface area contributed by atoms with Crippen molar-refractivity contribution in [3.8, 4) is 5.75 Å². The third kappa shape index (κ3) is 3.81. The van der Waals surface area contributed by atoms with E-state index in [9.17, 15) is 9.59 Å². The lowest BCUT2D eigenvalue weighted by Gasteiger charge is -2.10. The van der Waals surface area contributed by atoms with Gasteiger partial charge in [0.15, 0.2) is 5.82 Å². The van der Waals surface area contributed by atoms with E-state index in [-0.39, 0.29) is 21.9 Å². The van der Waals surface area contributed by atoms with Crippen molar-refractivity contribution in [1.29, 1.82) is 0 Å². The Kier molecular flexibility index (Phi) is 5.23.